The second kappa shape index (κ2) is 10.4. The molecule has 38 heavy (non-hydrogen) atoms. The lowest BCUT2D eigenvalue weighted by Crippen LogP contribution is -2.46. The maximum atomic E-state index is 13.2. The van der Waals surface area contributed by atoms with Crippen LogP contribution in [-0.4, -0.2) is 73.6 Å². The number of aromatic nitrogens is 4. The van der Waals surface area contributed by atoms with Crippen LogP contribution in [0, 0.1) is 0 Å². The van der Waals surface area contributed by atoms with E-state index in [-0.39, 0.29) is 28.8 Å². The monoisotopic (exact) mass is 547 g/mol. The number of hydrogen-bond donors (Lipinski definition) is 5. The first-order valence-corrected chi connectivity index (χ1v) is 13.9. The Kier molecular flexibility index (Phi) is 7.61. The summed E-state index contributed by atoms with van der Waals surface area (Å²) in [5, 5.41) is 25.1. The van der Waals surface area contributed by atoms with Gasteiger partial charge in [-0.05, 0) is 29.5 Å². The minimum absolute atomic E-state index is 0.0479. The van der Waals surface area contributed by atoms with Crippen molar-refractivity contribution in [2.45, 2.75) is 69.4 Å². The lowest BCUT2D eigenvalue weighted by molar-refractivity contribution is -0.0292. The molecule has 1 unspecified atom stereocenters. The van der Waals surface area contributed by atoms with Gasteiger partial charge < -0.3 is 31.3 Å². The van der Waals surface area contributed by atoms with Gasteiger partial charge in [-0.25, -0.2) is 28.2 Å². The van der Waals surface area contributed by atoms with Crippen LogP contribution >= 0.6 is 0 Å². The standard InChI is InChI=1S/C24H33N7O6S/c1-5-16(30-23(34)29-14-8-6-13(7-9-14)24(2,3)4)38(35,36)10-15-18(32)19(33)22(37-15)31-12-28-17-20(25)26-11-27-21(17)31/h6-9,11-12,15-16,18-19,22,32-33H,5,10H2,1-4H3,(H2,25,26,27)(H2,29,30,34)/t15-,16?,18-,19-,22-/m1/s1. The number of carbonyl (C=O) groups is 1. The maximum absolute atomic E-state index is 13.2. The molecule has 0 bridgehead atoms. The quantitative estimate of drug-likeness (QED) is 0.288. The summed E-state index contributed by atoms with van der Waals surface area (Å²) in [7, 11) is -4.01. The molecular formula is C24H33N7O6S. The highest BCUT2D eigenvalue weighted by Gasteiger charge is 2.47. The zero-order valence-electron chi connectivity index (χ0n) is 21.6. The lowest BCUT2D eigenvalue weighted by Gasteiger charge is -2.22. The van der Waals surface area contributed by atoms with Crippen LogP contribution < -0.4 is 16.4 Å². The molecule has 0 radical (unpaired) electrons. The Balaban J connectivity index is 1.43. The Morgan fingerprint density at radius 1 is 1.16 bits per heavy atom. The van der Waals surface area contributed by atoms with E-state index in [1.54, 1.807) is 19.1 Å². The predicted octanol–water partition coefficient (Wildman–Crippen LogP) is 1.30. The van der Waals surface area contributed by atoms with E-state index in [2.05, 4.69) is 46.4 Å². The molecule has 13 nitrogen and oxygen atoms in total. The van der Waals surface area contributed by atoms with E-state index < -0.39 is 51.5 Å². The number of urea groups is 1. The van der Waals surface area contributed by atoms with Gasteiger partial charge in [0, 0.05) is 5.69 Å². The van der Waals surface area contributed by atoms with Gasteiger partial charge in [-0.2, -0.15) is 0 Å². The Bertz CT molecular complexity index is 1400. The maximum Gasteiger partial charge on any atom is 0.320 e. The SMILES string of the molecule is CCC(NC(=O)Nc1ccc(C(C)(C)C)cc1)S(=O)(=O)C[C@H]1O[C@@H](n2cnc3c(N)ncnc32)[C@H](O)[C@@H]1O. The summed E-state index contributed by atoms with van der Waals surface area (Å²) in [5.41, 5.74) is 7.90. The molecule has 3 aromatic rings. The van der Waals surface area contributed by atoms with Gasteiger partial charge in [0.15, 0.2) is 27.5 Å². The van der Waals surface area contributed by atoms with Crippen LogP contribution in [0.2, 0.25) is 0 Å². The van der Waals surface area contributed by atoms with Crippen LogP contribution in [0.25, 0.3) is 11.2 Å². The normalized spacial score (nSPS) is 22.9. The molecule has 1 fully saturated rings. The summed E-state index contributed by atoms with van der Waals surface area (Å²) in [6, 6.07) is 6.61. The second-order valence-electron chi connectivity index (χ2n) is 10.3. The van der Waals surface area contributed by atoms with Crippen molar-refractivity contribution in [3.05, 3.63) is 42.5 Å². The number of carbonyl (C=O) groups excluding carboxylic acids is 1. The molecule has 1 aliphatic rings. The van der Waals surface area contributed by atoms with Crippen LogP contribution in [0.4, 0.5) is 16.3 Å². The molecule has 206 valence electrons. The Morgan fingerprint density at radius 3 is 2.47 bits per heavy atom. The highest BCUT2D eigenvalue weighted by Crippen LogP contribution is 2.33. The van der Waals surface area contributed by atoms with Crippen molar-refractivity contribution in [1.82, 2.24) is 24.8 Å². The number of aliphatic hydroxyl groups is 2. The average Bonchev–Trinajstić information content (AvgIpc) is 3.39. The van der Waals surface area contributed by atoms with Crippen LogP contribution in [0.5, 0.6) is 0 Å². The molecular weight excluding hydrogens is 514 g/mol. The molecule has 14 heteroatoms. The highest BCUT2D eigenvalue weighted by atomic mass is 32.2. The number of anilines is 2. The predicted molar refractivity (Wildman–Crippen MR) is 141 cm³/mol. The number of aliphatic hydroxyl groups excluding tert-OH is 2. The van der Waals surface area contributed by atoms with Crippen molar-refractivity contribution in [1.29, 1.82) is 0 Å². The van der Waals surface area contributed by atoms with Gasteiger partial charge in [0.05, 0.1) is 12.1 Å². The van der Waals surface area contributed by atoms with Gasteiger partial charge in [0.2, 0.25) is 0 Å². The minimum Gasteiger partial charge on any atom is -0.387 e. The first-order valence-electron chi connectivity index (χ1n) is 12.2. The fraction of sp³-hybridized carbons (Fsp3) is 0.500. The smallest absolute Gasteiger partial charge is 0.320 e. The summed E-state index contributed by atoms with van der Waals surface area (Å²) < 4.78 is 33.5. The van der Waals surface area contributed by atoms with Crippen LogP contribution in [0.15, 0.2) is 36.9 Å². The average molecular weight is 548 g/mol. The molecule has 0 saturated carbocycles. The number of ether oxygens (including phenoxy) is 1. The molecule has 0 spiro atoms. The summed E-state index contributed by atoms with van der Waals surface area (Å²) in [4.78, 5) is 24.6. The van der Waals surface area contributed by atoms with E-state index in [0.29, 0.717) is 5.69 Å². The Labute approximate surface area is 220 Å². The van der Waals surface area contributed by atoms with Crippen molar-refractivity contribution in [3.63, 3.8) is 0 Å². The Hall–Kier alpha value is -3.33. The molecule has 0 aliphatic carbocycles. The fourth-order valence-corrected chi connectivity index (χ4v) is 6.07. The Morgan fingerprint density at radius 2 is 1.84 bits per heavy atom. The van der Waals surface area contributed by atoms with Gasteiger partial charge in [-0.15, -0.1) is 0 Å². The van der Waals surface area contributed by atoms with Crippen LogP contribution in [0.3, 0.4) is 0 Å². The van der Waals surface area contributed by atoms with Crippen molar-refractivity contribution in [3.8, 4) is 0 Å². The number of imidazole rings is 1. The van der Waals surface area contributed by atoms with Gasteiger partial charge in [-0.1, -0.05) is 39.8 Å². The number of nitrogen functional groups attached to an aromatic ring is 1. The summed E-state index contributed by atoms with van der Waals surface area (Å²) in [6.07, 6.45) is -2.78. The molecule has 1 aromatic carbocycles. The van der Waals surface area contributed by atoms with Crippen LogP contribution in [-0.2, 0) is 20.0 Å². The van der Waals surface area contributed by atoms with Gasteiger partial charge in [-0.3, -0.25) is 4.57 Å². The number of fused-ring (bicyclic) bond motifs is 1. The number of benzene rings is 1. The molecule has 5 atom stereocenters. The zero-order chi connectivity index (χ0) is 27.8. The first-order chi connectivity index (χ1) is 17.8. The molecule has 6 N–H and O–H groups in total. The lowest BCUT2D eigenvalue weighted by atomic mass is 9.87. The number of nitrogens with one attached hydrogen (secondary N) is 2. The number of amides is 2. The second-order valence-corrected chi connectivity index (χ2v) is 12.5. The highest BCUT2D eigenvalue weighted by molar-refractivity contribution is 7.92. The van der Waals surface area contributed by atoms with E-state index in [1.165, 1.54) is 17.2 Å². The molecule has 2 amide bonds. The number of sulfone groups is 1. The van der Waals surface area contributed by atoms with E-state index in [4.69, 9.17) is 10.5 Å². The van der Waals surface area contributed by atoms with E-state index in [9.17, 15) is 23.4 Å². The fourth-order valence-electron chi connectivity index (χ4n) is 4.31. The van der Waals surface area contributed by atoms with Crippen LogP contribution in [0.1, 0.15) is 45.9 Å². The van der Waals surface area contributed by atoms with Gasteiger partial charge >= 0.3 is 6.03 Å². The zero-order valence-corrected chi connectivity index (χ0v) is 22.4. The van der Waals surface area contributed by atoms with E-state index in [0.717, 1.165) is 5.56 Å². The number of hydrogen-bond acceptors (Lipinski definition) is 10. The molecule has 2 aromatic heterocycles. The number of nitrogens with zero attached hydrogens (tertiary/aromatic N) is 4. The molecule has 1 saturated heterocycles. The third-order valence-corrected chi connectivity index (χ3v) is 8.61. The van der Waals surface area contributed by atoms with E-state index >= 15 is 0 Å². The first kappa shape index (κ1) is 27.7. The van der Waals surface area contributed by atoms with Gasteiger partial charge in [0.25, 0.3) is 0 Å². The van der Waals surface area contributed by atoms with Crippen molar-refractivity contribution >= 4 is 38.5 Å². The van der Waals surface area contributed by atoms with Crippen molar-refractivity contribution < 1.29 is 28.2 Å². The summed E-state index contributed by atoms with van der Waals surface area (Å²) in [5.74, 6) is -0.508. The largest absolute Gasteiger partial charge is 0.387 e. The third-order valence-electron chi connectivity index (χ3n) is 6.50. The number of nitrogens with two attached hydrogens (primary N) is 1. The third kappa shape index (κ3) is 5.57. The number of rotatable bonds is 7. The molecule has 1 aliphatic heterocycles. The van der Waals surface area contributed by atoms with Gasteiger partial charge in [0.1, 0.15) is 35.5 Å². The minimum atomic E-state index is -4.01. The molecule has 4 rings (SSSR count). The molecule has 3 heterocycles. The summed E-state index contributed by atoms with van der Waals surface area (Å²) in [6.45, 7) is 7.85. The van der Waals surface area contributed by atoms with Crippen molar-refractivity contribution in [2.24, 2.45) is 0 Å². The van der Waals surface area contributed by atoms with Crippen molar-refractivity contribution in [2.75, 3.05) is 16.8 Å². The topological polar surface area (TPSA) is 195 Å². The summed E-state index contributed by atoms with van der Waals surface area (Å²) >= 11 is 0. The van der Waals surface area contributed by atoms with E-state index in [1.807, 2.05) is 12.1 Å².